The normalized spacial score (nSPS) is 15.4. The lowest BCUT2D eigenvalue weighted by atomic mass is 9.91. The van der Waals surface area contributed by atoms with Crippen LogP contribution in [-0.4, -0.2) is 53.1 Å². The number of aryl methyl sites for hydroxylation is 1. The summed E-state index contributed by atoms with van der Waals surface area (Å²) in [6, 6.07) is 8.49. The number of likely N-dealkylation sites (tertiary alicyclic amines) is 1. The molecule has 3 heterocycles. The van der Waals surface area contributed by atoms with Gasteiger partial charge in [-0.15, -0.1) is 0 Å². The van der Waals surface area contributed by atoms with E-state index in [-0.39, 0.29) is 5.91 Å². The van der Waals surface area contributed by atoms with Gasteiger partial charge in [0.15, 0.2) is 5.82 Å². The molecular formula is C20H25N5O2. The molecule has 142 valence electrons. The summed E-state index contributed by atoms with van der Waals surface area (Å²) in [4.78, 5) is 24.3. The zero-order valence-electron chi connectivity index (χ0n) is 15.8. The predicted molar refractivity (Wildman–Crippen MR) is 104 cm³/mol. The van der Waals surface area contributed by atoms with Crippen molar-refractivity contribution in [3.8, 4) is 0 Å². The van der Waals surface area contributed by atoms with Crippen molar-refractivity contribution >= 4 is 22.8 Å². The third-order valence-corrected chi connectivity index (χ3v) is 5.34. The van der Waals surface area contributed by atoms with Gasteiger partial charge in [-0.2, -0.15) is 4.98 Å². The monoisotopic (exact) mass is 367 g/mol. The van der Waals surface area contributed by atoms with Crippen molar-refractivity contribution in [3.63, 3.8) is 0 Å². The van der Waals surface area contributed by atoms with Crippen molar-refractivity contribution in [3.05, 3.63) is 41.9 Å². The smallest absolute Gasteiger partial charge is 0.323 e. The Morgan fingerprint density at radius 3 is 2.81 bits per heavy atom. The molecule has 1 saturated heterocycles. The third-order valence-electron chi connectivity index (χ3n) is 5.34. The van der Waals surface area contributed by atoms with Crippen LogP contribution in [0.25, 0.3) is 10.9 Å². The molecule has 7 nitrogen and oxygen atoms in total. The Hall–Kier alpha value is -2.83. The molecule has 1 fully saturated rings. The van der Waals surface area contributed by atoms with Gasteiger partial charge in [0.1, 0.15) is 0 Å². The number of hydrogen-bond acceptors (Lipinski definition) is 5. The summed E-state index contributed by atoms with van der Waals surface area (Å²) in [6.45, 7) is 1.61. The molecule has 0 unspecified atom stereocenters. The van der Waals surface area contributed by atoms with E-state index in [1.54, 1.807) is 0 Å². The van der Waals surface area contributed by atoms with Crippen LogP contribution >= 0.6 is 0 Å². The first-order valence-corrected chi connectivity index (χ1v) is 9.47. The van der Waals surface area contributed by atoms with Crippen molar-refractivity contribution in [1.82, 2.24) is 20.0 Å². The summed E-state index contributed by atoms with van der Waals surface area (Å²) in [5, 5.41) is 5.03. The van der Waals surface area contributed by atoms with Crippen LogP contribution in [-0.2, 0) is 6.42 Å². The van der Waals surface area contributed by atoms with E-state index in [1.807, 2.05) is 54.4 Å². The molecule has 7 heteroatoms. The SMILES string of the molecule is CN(C)c1nc(CCC2CCN(C(=O)c3c[nH]c4ccccc34)CC2)no1. The third kappa shape index (κ3) is 3.67. The highest BCUT2D eigenvalue weighted by molar-refractivity contribution is 6.06. The number of nitrogens with one attached hydrogen (secondary N) is 1. The van der Waals surface area contributed by atoms with Gasteiger partial charge in [-0.3, -0.25) is 4.79 Å². The minimum Gasteiger partial charge on any atom is -0.360 e. The summed E-state index contributed by atoms with van der Waals surface area (Å²) >= 11 is 0. The molecule has 0 aliphatic carbocycles. The molecule has 1 aromatic carbocycles. The lowest BCUT2D eigenvalue weighted by molar-refractivity contribution is 0.0688. The van der Waals surface area contributed by atoms with E-state index in [9.17, 15) is 4.79 Å². The number of carbonyl (C=O) groups excluding carboxylic acids is 1. The van der Waals surface area contributed by atoms with E-state index in [4.69, 9.17) is 4.52 Å². The van der Waals surface area contributed by atoms with Gasteiger partial charge in [-0.05, 0) is 31.2 Å². The van der Waals surface area contributed by atoms with E-state index in [2.05, 4.69) is 15.1 Å². The number of benzene rings is 1. The highest BCUT2D eigenvalue weighted by Gasteiger charge is 2.25. The van der Waals surface area contributed by atoms with Crippen LogP contribution in [0.2, 0.25) is 0 Å². The number of anilines is 1. The van der Waals surface area contributed by atoms with Crippen LogP contribution in [0.4, 0.5) is 6.01 Å². The fourth-order valence-corrected chi connectivity index (χ4v) is 3.70. The Morgan fingerprint density at radius 2 is 2.07 bits per heavy atom. The molecule has 2 aromatic heterocycles. The number of hydrogen-bond donors (Lipinski definition) is 1. The number of aromatic amines is 1. The molecule has 1 N–H and O–H groups in total. The molecule has 0 saturated carbocycles. The van der Waals surface area contributed by atoms with Crippen LogP contribution in [0.5, 0.6) is 0 Å². The average Bonchev–Trinajstić information content (AvgIpc) is 3.33. The average molecular weight is 367 g/mol. The lowest BCUT2D eigenvalue weighted by Crippen LogP contribution is -2.38. The molecule has 3 aromatic rings. The Balaban J connectivity index is 1.31. The van der Waals surface area contributed by atoms with Crippen molar-refractivity contribution in [2.24, 2.45) is 5.92 Å². The number of para-hydroxylation sites is 1. The van der Waals surface area contributed by atoms with Gasteiger partial charge in [0.05, 0.1) is 5.56 Å². The van der Waals surface area contributed by atoms with Gasteiger partial charge in [-0.25, -0.2) is 0 Å². The van der Waals surface area contributed by atoms with E-state index < -0.39 is 0 Å². The van der Waals surface area contributed by atoms with Crippen LogP contribution in [0, 0.1) is 5.92 Å². The summed E-state index contributed by atoms with van der Waals surface area (Å²) < 4.78 is 5.20. The van der Waals surface area contributed by atoms with Gasteiger partial charge in [0.25, 0.3) is 5.91 Å². The molecule has 27 heavy (non-hydrogen) atoms. The van der Waals surface area contributed by atoms with Gasteiger partial charge in [0, 0.05) is 50.7 Å². The molecule has 1 amide bonds. The largest absolute Gasteiger partial charge is 0.360 e. The molecule has 0 radical (unpaired) electrons. The first-order chi connectivity index (χ1) is 13.1. The topological polar surface area (TPSA) is 78.3 Å². The number of piperidine rings is 1. The molecule has 4 rings (SSSR count). The second kappa shape index (κ2) is 7.42. The van der Waals surface area contributed by atoms with Crippen molar-refractivity contribution in [2.75, 3.05) is 32.1 Å². The Labute approximate surface area is 158 Å². The number of carbonyl (C=O) groups is 1. The first kappa shape index (κ1) is 17.6. The Morgan fingerprint density at radius 1 is 1.30 bits per heavy atom. The van der Waals surface area contributed by atoms with Crippen molar-refractivity contribution in [2.45, 2.75) is 25.7 Å². The van der Waals surface area contributed by atoms with Crippen LogP contribution in [0.1, 0.15) is 35.4 Å². The van der Waals surface area contributed by atoms with Crippen LogP contribution in [0.15, 0.2) is 35.0 Å². The maximum atomic E-state index is 12.9. The highest BCUT2D eigenvalue weighted by atomic mass is 16.5. The van der Waals surface area contributed by atoms with Crippen LogP contribution < -0.4 is 4.90 Å². The van der Waals surface area contributed by atoms with E-state index in [0.717, 1.165) is 61.1 Å². The Kier molecular flexibility index (Phi) is 4.83. The second-order valence-electron chi connectivity index (χ2n) is 7.41. The van der Waals surface area contributed by atoms with Gasteiger partial charge in [-0.1, -0.05) is 23.4 Å². The number of aromatic nitrogens is 3. The summed E-state index contributed by atoms with van der Waals surface area (Å²) in [5.74, 6) is 1.48. The summed E-state index contributed by atoms with van der Waals surface area (Å²) in [7, 11) is 3.77. The number of nitrogens with zero attached hydrogens (tertiary/aromatic N) is 4. The van der Waals surface area contributed by atoms with E-state index in [0.29, 0.717) is 11.9 Å². The molecule has 1 aliphatic rings. The molecule has 0 bridgehead atoms. The quantitative estimate of drug-likeness (QED) is 0.750. The van der Waals surface area contributed by atoms with Crippen LogP contribution in [0.3, 0.4) is 0 Å². The predicted octanol–water partition coefficient (Wildman–Crippen LogP) is 3.10. The molecule has 0 spiro atoms. The van der Waals surface area contributed by atoms with Crippen molar-refractivity contribution in [1.29, 1.82) is 0 Å². The summed E-state index contributed by atoms with van der Waals surface area (Å²) in [5.41, 5.74) is 1.78. The van der Waals surface area contributed by atoms with Gasteiger partial charge >= 0.3 is 6.01 Å². The zero-order valence-corrected chi connectivity index (χ0v) is 15.8. The number of amides is 1. The first-order valence-electron chi connectivity index (χ1n) is 9.47. The lowest BCUT2D eigenvalue weighted by Gasteiger charge is -2.31. The zero-order chi connectivity index (χ0) is 18.8. The number of rotatable bonds is 5. The molecular weight excluding hydrogens is 342 g/mol. The van der Waals surface area contributed by atoms with Gasteiger partial charge in [0.2, 0.25) is 0 Å². The number of H-pyrrole nitrogens is 1. The number of fused-ring (bicyclic) bond motifs is 1. The maximum absolute atomic E-state index is 12.9. The van der Waals surface area contributed by atoms with E-state index in [1.165, 1.54) is 0 Å². The summed E-state index contributed by atoms with van der Waals surface area (Å²) in [6.07, 6.45) is 5.72. The highest BCUT2D eigenvalue weighted by Crippen LogP contribution is 2.25. The van der Waals surface area contributed by atoms with E-state index >= 15 is 0 Å². The fourth-order valence-electron chi connectivity index (χ4n) is 3.70. The minimum absolute atomic E-state index is 0.125. The van der Waals surface area contributed by atoms with Crippen molar-refractivity contribution < 1.29 is 9.32 Å². The standard InChI is InChI=1S/C20H25N5O2/c1-24(2)20-22-18(23-27-20)8-7-14-9-11-25(12-10-14)19(26)16-13-21-17-6-4-3-5-15(16)17/h3-6,13-14,21H,7-12H2,1-2H3. The second-order valence-corrected chi connectivity index (χ2v) is 7.41. The Bertz CT molecular complexity index is 921. The molecule has 1 aliphatic heterocycles. The van der Waals surface area contributed by atoms with Gasteiger partial charge < -0.3 is 19.3 Å². The minimum atomic E-state index is 0.125. The maximum Gasteiger partial charge on any atom is 0.323 e. The molecule has 0 atom stereocenters. The fraction of sp³-hybridized carbons (Fsp3) is 0.450.